The van der Waals surface area contributed by atoms with Crippen molar-refractivity contribution in [1.82, 2.24) is 14.9 Å². The monoisotopic (exact) mass is 404 g/mol. The Labute approximate surface area is 163 Å². The minimum absolute atomic E-state index is 0.154. The highest BCUT2D eigenvalue weighted by Crippen LogP contribution is 2.20. The smallest absolute Gasteiger partial charge is 0.280 e. The number of anilines is 1. The number of aromatic nitrogens is 2. The first-order valence-corrected chi connectivity index (χ1v) is 9.10. The Morgan fingerprint density at radius 2 is 1.81 bits per heavy atom. The second kappa shape index (κ2) is 8.70. The minimum Gasteiger partial charge on any atom is -0.350 e. The van der Waals surface area contributed by atoms with Gasteiger partial charge in [-0.2, -0.15) is 0 Å². The molecule has 1 aromatic heterocycles. The first kappa shape index (κ1) is 18.9. The molecule has 1 heterocycles. The largest absolute Gasteiger partial charge is 0.350 e. The fraction of sp³-hybridized carbons (Fsp3) is 0.111. The van der Waals surface area contributed by atoms with Gasteiger partial charge in [0.15, 0.2) is 5.69 Å². The number of hydrogen-bond donors (Lipinski definition) is 1. The first-order chi connectivity index (χ1) is 13.0. The minimum atomic E-state index is -0.442. The molecule has 0 bridgehead atoms. The number of carbonyl (C=O) groups excluding carboxylic acids is 2. The maximum Gasteiger partial charge on any atom is 0.280 e. The molecule has 1 N–H and O–H groups in total. The second-order valence-electron chi connectivity index (χ2n) is 5.56. The van der Waals surface area contributed by atoms with E-state index in [0.29, 0.717) is 10.7 Å². The van der Waals surface area contributed by atoms with Crippen molar-refractivity contribution < 1.29 is 14.0 Å². The summed E-state index contributed by atoms with van der Waals surface area (Å²) >= 11 is 6.95. The summed E-state index contributed by atoms with van der Waals surface area (Å²) in [4.78, 5) is 26.4. The lowest BCUT2D eigenvalue weighted by Crippen LogP contribution is -2.40. The van der Waals surface area contributed by atoms with Gasteiger partial charge in [0.25, 0.3) is 5.91 Å². The lowest BCUT2D eigenvalue weighted by Gasteiger charge is -2.21. The first-order valence-electron chi connectivity index (χ1n) is 7.88. The van der Waals surface area contributed by atoms with Crippen LogP contribution in [0.5, 0.6) is 0 Å². The van der Waals surface area contributed by atoms with Gasteiger partial charge in [-0.1, -0.05) is 28.2 Å². The molecule has 2 aromatic carbocycles. The number of amides is 2. The van der Waals surface area contributed by atoms with Crippen LogP contribution in [0, 0.1) is 5.82 Å². The average Bonchev–Trinajstić information content (AvgIpc) is 3.21. The van der Waals surface area contributed by atoms with Crippen molar-refractivity contribution in [2.24, 2.45) is 0 Å². The van der Waals surface area contributed by atoms with Gasteiger partial charge in [-0.05, 0) is 53.5 Å². The molecule has 0 fully saturated rings. The summed E-state index contributed by atoms with van der Waals surface area (Å²) in [6.45, 7) is 0.0131. The van der Waals surface area contributed by atoms with Crippen molar-refractivity contribution in [2.75, 3.05) is 11.4 Å². The van der Waals surface area contributed by atoms with Crippen LogP contribution in [0.2, 0.25) is 5.02 Å². The van der Waals surface area contributed by atoms with Crippen LogP contribution < -0.4 is 10.2 Å². The molecule has 0 saturated carbocycles. The van der Waals surface area contributed by atoms with Crippen LogP contribution >= 0.6 is 23.1 Å². The summed E-state index contributed by atoms with van der Waals surface area (Å²) in [5.41, 5.74) is 1.41. The maximum absolute atomic E-state index is 12.9. The van der Waals surface area contributed by atoms with Gasteiger partial charge in [0.1, 0.15) is 12.4 Å². The molecule has 2 amide bonds. The number of nitrogens with one attached hydrogen (secondary N) is 1. The Balaban J connectivity index is 1.72. The molecular weight excluding hydrogens is 391 g/mol. The van der Waals surface area contributed by atoms with E-state index >= 15 is 0 Å². The number of hydrogen-bond acceptors (Lipinski definition) is 5. The van der Waals surface area contributed by atoms with Gasteiger partial charge < -0.3 is 5.32 Å². The van der Waals surface area contributed by atoms with E-state index in [1.54, 1.807) is 36.4 Å². The van der Waals surface area contributed by atoms with Crippen molar-refractivity contribution in [1.29, 1.82) is 0 Å². The predicted octanol–water partition coefficient (Wildman–Crippen LogP) is 3.29. The molecule has 0 atom stereocenters. The van der Waals surface area contributed by atoms with Gasteiger partial charge in [-0.25, -0.2) is 4.39 Å². The molecule has 27 heavy (non-hydrogen) atoms. The number of rotatable bonds is 6. The third kappa shape index (κ3) is 5.08. The van der Waals surface area contributed by atoms with Gasteiger partial charge >= 0.3 is 0 Å². The van der Waals surface area contributed by atoms with Gasteiger partial charge in [-0.15, -0.1) is 5.10 Å². The molecule has 0 spiro atoms. The lowest BCUT2D eigenvalue weighted by molar-refractivity contribution is -0.119. The summed E-state index contributed by atoms with van der Waals surface area (Å²) in [7, 11) is 0. The van der Waals surface area contributed by atoms with Crippen LogP contribution in [0.4, 0.5) is 10.1 Å². The van der Waals surface area contributed by atoms with Crippen molar-refractivity contribution in [3.05, 3.63) is 76.0 Å². The van der Waals surface area contributed by atoms with Crippen LogP contribution in [-0.4, -0.2) is 27.9 Å². The van der Waals surface area contributed by atoms with Gasteiger partial charge in [0.2, 0.25) is 5.91 Å². The summed E-state index contributed by atoms with van der Waals surface area (Å²) in [5, 5.41) is 8.52. The zero-order valence-electron chi connectivity index (χ0n) is 13.9. The van der Waals surface area contributed by atoms with Gasteiger partial charge in [0, 0.05) is 22.6 Å². The SMILES string of the molecule is O=C(CN(C(=O)c1csnn1)c1ccc(Cl)cc1)NCc1ccc(F)cc1. The highest BCUT2D eigenvalue weighted by Gasteiger charge is 2.22. The van der Waals surface area contributed by atoms with Gasteiger partial charge in [0.05, 0.1) is 0 Å². The number of halogens is 2. The summed E-state index contributed by atoms with van der Waals surface area (Å²) < 4.78 is 16.6. The van der Waals surface area contributed by atoms with Crippen LogP contribution in [0.1, 0.15) is 16.1 Å². The second-order valence-corrected chi connectivity index (χ2v) is 6.61. The molecule has 0 aliphatic carbocycles. The fourth-order valence-corrected chi connectivity index (χ4v) is 2.86. The van der Waals surface area contributed by atoms with Crippen molar-refractivity contribution in [3.8, 4) is 0 Å². The Bertz CT molecular complexity index is 918. The Hall–Kier alpha value is -2.84. The molecular formula is C18H14ClFN4O2S. The normalized spacial score (nSPS) is 10.4. The van der Waals surface area contributed by atoms with Crippen LogP contribution in [0.15, 0.2) is 53.9 Å². The summed E-state index contributed by atoms with van der Waals surface area (Å²) in [6, 6.07) is 12.4. The van der Waals surface area contributed by atoms with Crippen LogP contribution in [0.25, 0.3) is 0 Å². The van der Waals surface area contributed by atoms with E-state index in [9.17, 15) is 14.0 Å². The topological polar surface area (TPSA) is 75.2 Å². The van der Waals surface area contributed by atoms with E-state index in [0.717, 1.165) is 17.1 Å². The molecule has 0 aliphatic rings. The highest BCUT2D eigenvalue weighted by molar-refractivity contribution is 7.03. The molecule has 9 heteroatoms. The maximum atomic E-state index is 12.9. The van der Waals surface area contributed by atoms with Crippen molar-refractivity contribution in [2.45, 2.75) is 6.54 Å². The molecule has 0 aliphatic heterocycles. The quantitative estimate of drug-likeness (QED) is 0.684. The molecule has 0 saturated heterocycles. The number of nitrogens with zero attached hydrogens (tertiary/aromatic N) is 3. The number of benzene rings is 2. The van der Waals surface area contributed by atoms with Crippen LogP contribution in [0.3, 0.4) is 0 Å². The highest BCUT2D eigenvalue weighted by atomic mass is 35.5. The van der Waals surface area contributed by atoms with E-state index < -0.39 is 5.91 Å². The third-order valence-corrected chi connectivity index (χ3v) is 4.42. The summed E-state index contributed by atoms with van der Waals surface area (Å²) in [6.07, 6.45) is 0. The van der Waals surface area contributed by atoms with E-state index in [4.69, 9.17) is 11.6 Å². The third-order valence-electron chi connectivity index (χ3n) is 3.67. The zero-order chi connectivity index (χ0) is 19.2. The standard InChI is InChI=1S/C18H14ClFN4O2S/c19-13-3-7-15(8-4-13)24(18(26)16-11-27-23-22-16)10-17(25)21-9-12-1-5-14(20)6-2-12/h1-8,11H,9-10H2,(H,21,25). The molecule has 3 rings (SSSR count). The van der Waals surface area contributed by atoms with Crippen molar-refractivity contribution >= 4 is 40.6 Å². The predicted molar refractivity (Wildman–Crippen MR) is 101 cm³/mol. The summed E-state index contributed by atoms with van der Waals surface area (Å²) in [5.74, 6) is -1.16. The average molecular weight is 405 g/mol. The number of carbonyl (C=O) groups is 2. The molecule has 0 radical (unpaired) electrons. The molecule has 138 valence electrons. The fourth-order valence-electron chi connectivity index (χ4n) is 2.30. The van der Waals surface area contributed by atoms with Crippen LogP contribution in [-0.2, 0) is 11.3 Å². The lowest BCUT2D eigenvalue weighted by atomic mass is 10.2. The Morgan fingerprint density at radius 1 is 1.11 bits per heavy atom. The van der Waals surface area contributed by atoms with E-state index in [2.05, 4.69) is 14.9 Å². The van der Waals surface area contributed by atoms with E-state index in [-0.39, 0.29) is 30.5 Å². The molecule has 3 aromatic rings. The zero-order valence-corrected chi connectivity index (χ0v) is 15.5. The van der Waals surface area contributed by atoms with Gasteiger partial charge in [-0.3, -0.25) is 14.5 Å². The Morgan fingerprint density at radius 3 is 2.44 bits per heavy atom. The Kier molecular flexibility index (Phi) is 6.10. The van der Waals surface area contributed by atoms with E-state index in [1.807, 2.05) is 0 Å². The molecule has 6 nitrogen and oxygen atoms in total. The van der Waals surface area contributed by atoms with Crippen molar-refractivity contribution in [3.63, 3.8) is 0 Å². The van der Waals surface area contributed by atoms with E-state index in [1.165, 1.54) is 22.4 Å². The molecule has 0 unspecified atom stereocenters.